The van der Waals surface area contributed by atoms with Crippen LogP contribution < -0.4 is 10.6 Å². The number of aryl methyl sites for hydroxylation is 2. The summed E-state index contributed by atoms with van der Waals surface area (Å²) in [4.78, 5) is 16.8. The highest BCUT2D eigenvalue weighted by molar-refractivity contribution is 7.14. The second-order valence-corrected chi connectivity index (χ2v) is 7.27. The number of rotatable bonds is 3. The van der Waals surface area contributed by atoms with Gasteiger partial charge in [-0.15, -0.1) is 23.7 Å². The molecule has 1 aliphatic carbocycles. The number of nitrogens with one attached hydrogen (secondary N) is 2. The molecule has 128 valence electrons. The molecule has 4 nitrogen and oxygen atoms in total. The molecule has 1 aliphatic heterocycles. The fourth-order valence-corrected chi connectivity index (χ4v) is 4.17. The topological polar surface area (TPSA) is 54.0 Å². The van der Waals surface area contributed by atoms with E-state index in [4.69, 9.17) is 0 Å². The predicted octanol–water partition coefficient (Wildman–Crippen LogP) is 3.66. The number of nitrogens with zero attached hydrogens (tertiary/aromatic N) is 1. The summed E-state index contributed by atoms with van der Waals surface area (Å²) in [5, 5.41) is 8.92. The van der Waals surface area contributed by atoms with Crippen molar-refractivity contribution in [2.45, 2.75) is 32.1 Å². The fraction of sp³-hybridized carbons (Fsp3) is 0.444. The molecule has 2 N–H and O–H groups in total. The van der Waals surface area contributed by atoms with Crippen LogP contribution in [0.4, 0.5) is 5.13 Å². The molecule has 0 radical (unpaired) electrons. The summed E-state index contributed by atoms with van der Waals surface area (Å²) < 4.78 is 0. The van der Waals surface area contributed by atoms with Gasteiger partial charge in [0.05, 0.1) is 11.6 Å². The number of hydrogen-bond acceptors (Lipinski definition) is 4. The quantitative estimate of drug-likeness (QED) is 0.875. The van der Waals surface area contributed by atoms with Crippen LogP contribution in [0.15, 0.2) is 23.6 Å². The van der Waals surface area contributed by atoms with Crippen molar-refractivity contribution < 1.29 is 4.79 Å². The van der Waals surface area contributed by atoms with Crippen molar-refractivity contribution in [2.24, 2.45) is 5.92 Å². The Bertz CT molecular complexity index is 725. The van der Waals surface area contributed by atoms with Gasteiger partial charge in [0.2, 0.25) is 5.91 Å². The zero-order valence-corrected chi connectivity index (χ0v) is 15.1. The highest BCUT2D eigenvalue weighted by atomic mass is 35.5. The van der Waals surface area contributed by atoms with Gasteiger partial charge in [0.1, 0.15) is 0 Å². The lowest BCUT2D eigenvalue weighted by Crippen LogP contribution is -2.24. The molecule has 24 heavy (non-hydrogen) atoms. The van der Waals surface area contributed by atoms with Crippen molar-refractivity contribution in [1.29, 1.82) is 0 Å². The Balaban J connectivity index is 0.00000169. The lowest BCUT2D eigenvalue weighted by Gasteiger charge is -2.16. The Labute approximate surface area is 152 Å². The smallest absolute Gasteiger partial charge is 0.230 e. The van der Waals surface area contributed by atoms with E-state index >= 15 is 0 Å². The van der Waals surface area contributed by atoms with E-state index in [9.17, 15) is 4.79 Å². The molecule has 1 atom stereocenters. The summed E-state index contributed by atoms with van der Waals surface area (Å²) in [7, 11) is 0. The Morgan fingerprint density at radius 3 is 2.88 bits per heavy atom. The molecule has 2 heterocycles. The van der Waals surface area contributed by atoms with Gasteiger partial charge >= 0.3 is 0 Å². The maximum absolute atomic E-state index is 12.2. The number of carbonyl (C=O) groups is 1. The molecular formula is C18H22ClN3OS. The minimum Gasteiger partial charge on any atom is -0.316 e. The van der Waals surface area contributed by atoms with Gasteiger partial charge in [-0.25, -0.2) is 4.98 Å². The molecule has 2 aromatic rings. The number of fused-ring (bicyclic) bond motifs is 1. The second kappa shape index (κ2) is 7.64. The van der Waals surface area contributed by atoms with Crippen LogP contribution in [0, 0.1) is 5.92 Å². The second-order valence-electron chi connectivity index (χ2n) is 6.41. The lowest BCUT2D eigenvalue weighted by molar-refractivity contribution is -0.119. The molecule has 4 rings (SSSR count). The Morgan fingerprint density at radius 2 is 2.08 bits per heavy atom. The van der Waals surface area contributed by atoms with E-state index < -0.39 is 0 Å². The summed E-state index contributed by atoms with van der Waals surface area (Å²) >= 11 is 1.51. The largest absolute Gasteiger partial charge is 0.316 e. The molecule has 1 aromatic heterocycles. The van der Waals surface area contributed by atoms with Gasteiger partial charge in [-0.2, -0.15) is 0 Å². The van der Waals surface area contributed by atoms with Crippen LogP contribution in [-0.2, 0) is 17.6 Å². The van der Waals surface area contributed by atoms with E-state index in [1.54, 1.807) is 0 Å². The van der Waals surface area contributed by atoms with Crippen molar-refractivity contribution in [3.63, 3.8) is 0 Å². The lowest BCUT2D eigenvalue weighted by atomic mass is 9.90. The van der Waals surface area contributed by atoms with Crippen LogP contribution in [0.25, 0.3) is 11.3 Å². The molecular weight excluding hydrogens is 342 g/mol. The summed E-state index contributed by atoms with van der Waals surface area (Å²) in [6.45, 7) is 1.70. The predicted molar refractivity (Wildman–Crippen MR) is 101 cm³/mol. The molecule has 0 saturated carbocycles. The highest BCUT2D eigenvalue weighted by Gasteiger charge is 2.23. The van der Waals surface area contributed by atoms with Crippen molar-refractivity contribution in [3.05, 3.63) is 34.7 Å². The fourth-order valence-electron chi connectivity index (χ4n) is 3.44. The summed E-state index contributed by atoms with van der Waals surface area (Å²) in [6.07, 6.45) is 5.86. The Morgan fingerprint density at radius 1 is 1.25 bits per heavy atom. The number of aromatic nitrogens is 1. The Hall–Kier alpha value is -1.43. The molecule has 1 fully saturated rings. The molecule has 6 heteroatoms. The van der Waals surface area contributed by atoms with Crippen LogP contribution in [0.2, 0.25) is 0 Å². The number of hydrogen-bond donors (Lipinski definition) is 2. The first kappa shape index (κ1) is 17.4. The average molecular weight is 364 g/mol. The third-order valence-corrected chi connectivity index (χ3v) is 5.57. The van der Waals surface area contributed by atoms with Gasteiger partial charge in [0.15, 0.2) is 5.13 Å². The van der Waals surface area contributed by atoms with Gasteiger partial charge in [-0.05, 0) is 55.8 Å². The van der Waals surface area contributed by atoms with E-state index in [-0.39, 0.29) is 24.2 Å². The third kappa shape index (κ3) is 3.63. The number of amides is 1. The number of thiazole rings is 1. The van der Waals surface area contributed by atoms with Gasteiger partial charge in [-0.1, -0.05) is 12.1 Å². The summed E-state index contributed by atoms with van der Waals surface area (Å²) in [6, 6.07) is 6.67. The van der Waals surface area contributed by atoms with Crippen molar-refractivity contribution in [3.8, 4) is 11.3 Å². The average Bonchev–Trinajstić information content (AvgIpc) is 3.26. The maximum Gasteiger partial charge on any atom is 0.230 e. The molecule has 0 spiro atoms. The first-order valence-corrected chi connectivity index (χ1v) is 9.27. The van der Waals surface area contributed by atoms with Crippen LogP contribution in [0.5, 0.6) is 0 Å². The molecule has 2 aliphatic rings. The zero-order chi connectivity index (χ0) is 15.6. The van der Waals surface area contributed by atoms with Gasteiger partial charge in [-0.3, -0.25) is 4.79 Å². The van der Waals surface area contributed by atoms with Crippen molar-refractivity contribution in [1.82, 2.24) is 10.3 Å². The number of anilines is 1. The molecule has 0 bridgehead atoms. The van der Waals surface area contributed by atoms with Gasteiger partial charge < -0.3 is 10.6 Å². The number of carbonyl (C=O) groups excluding carboxylic acids is 1. The van der Waals surface area contributed by atoms with E-state index in [1.165, 1.54) is 48.1 Å². The summed E-state index contributed by atoms with van der Waals surface area (Å²) in [5.74, 6) is 0.160. The Kier molecular flexibility index (Phi) is 5.54. The van der Waals surface area contributed by atoms with Crippen LogP contribution in [0.3, 0.4) is 0 Å². The molecule has 1 amide bonds. The SMILES string of the molecule is Cl.O=C(Nc1nc(-c2ccc3c(c2)CCCC3)cs1)C1CCNC1. The van der Waals surface area contributed by atoms with Crippen LogP contribution in [-0.4, -0.2) is 24.0 Å². The van der Waals surface area contributed by atoms with Crippen molar-refractivity contribution >= 4 is 34.8 Å². The van der Waals surface area contributed by atoms with Crippen LogP contribution in [0.1, 0.15) is 30.4 Å². The first-order valence-electron chi connectivity index (χ1n) is 8.39. The van der Waals surface area contributed by atoms with Crippen molar-refractivity contribution in [2.75, 3.05) is 18.4 Å². The monoisotopic (exact) mass is 363 g/mol. The van der Waals surface area contributed by atoms with E-state index in [0.717, 1.165) is 30.8 Å². The number of halogens is 1. The number of benzene rings is 1. The third-order valence-electron chi connectivity index (χ3n) is 4.81. The normalized spacial score (nSPS) is 19.4. The standard InChI is InChI=1S/C18H21N3OS.ClH/c22-17(15-7-8-19-10-15)21-18-20-16(11-23-18)14-6-5-12-3-1-2-4-13(12)9-14;/h5-6,9,11,15,19H,1-4,7-8,10H2,(H,20,21,22);1H. The summed E-state index contributed by atoms with van der Waals surface area (Å²) in [5.41, 5.74) is 5.06. The van der Waals surface area contributed by atoms with Gasteiger partial charge in [0, 0.05) is 17.5 Å². The first-order chi connectivity index (χ1) is 11.3. The van der Waals surface area contributed by atoms with E-state index in [2.05, 4.69) is 33.8 Å². The maximum atomic E-state index is 12.2. The molecule has 1 unspecified atom stereocenters. The zero-order valence-electron chi connectivity index (χ0n) is 13.5. The van der Waals surface area contributed by atoms with E-state index in [1.807, 2.05) is 5.38 Å². The minimum atomic E-state index is 0. The highest BCUT2D eigenvalue weighted by Crippen LogP contribution is 2.29. The van der Waals surface area contributed by atoms with E-state index in [0.29, 0.717) is 5.13 Å². The molecule has 1 saturated heterocycles. The minimum absolute atomic E-state index is 0. The van der Waals surface area contributed by atoms with Gasteiger partial charge in [0.25, 0.3) is 0 Å². The van der Waals surface area contributed by atoms with Crippen LogP contribution >= 0.6 is 23.7 Å². The molecule has 1 aromatic carbocycles.